The number of carbonyl (C=O) groups excluding carboxylic acids is 1. The van der Waals surface area contributed by atoms with Crippen molar-refractivity contribution in [2.24, 2.45) is 0 Å². The number of fused-ring (bicyclic) bond motifs is 1. The fourth-order valence-electron chi connectivity index (χ4n) is 2.04. The number of benzene rings is 2. The topological polar surface area (TPSA) is 17.1 Å². The average Bonchev–Trinajstić information content (AvgIpc) is 2.85. The van der Waals surface area contributed by atoms with Crippen LogP contribution in [-0.4, -0.2) is 5.78 Å². The first-order chi connectivity index (χ1) is 9.18. The first-order valence-corrected chi connectivity index (χ1v) is 7.68. The molecule has 1 aromatic heterocycles. The Hall–Kier alpha value is -1.16. The second kappa shape index (κ2) is 5.08. The monoisotopic (exact) mass is 350 g/mol. The van der Waals surface area contributed by atoms with Gasteiger partial charge in [0.2, 0.25) is 5.78 Å². The van der Waals surface area contributed by atoms with Crippen LogP contribution in [0.1, 0.15) is 15.2 Å². The summed E-state index contributed by atoms with van der Waals surface area (Å²) in [5, 5.41) is 4.36. The molecule has 0 aliphatic heterocycles. The number of halogens is 2. The number of carbonyl (C=O) groups is 1. The number of rotatable bonds is 2. The Morgan fingerprint density at radius 3 is 2.47 bits per heavy atom. The quantitative estimate of drug-likeness (QED) is 0.553. The molecule has 0 aliphatic carbocycles. The van der Waals surface area contributed by atoms with E-state index in [1.54, 1.807) is 12.1 Å². The molecule has 94 valence electrons. The summed E-state index contributed by atoms with van der Waals surface area (Å²) in [6.45, 7) is 0. The highest BCUT2D eigenvalue weighted by Gasteiger charge is 2.17. The largest absolute Gasteiger partial charge is 0.288 e. The molecular formula is C15H8BrClOS. The minimum Gasteiger partial charge on any atom is -0.288 e. The fraction of sp³-hybridized carbons (Fsp3) is 0. The lowest BCUT2D eigenvalue weighted by Crippen LogP contribution is -2.00. The van der Waals surface area contributed by atoms with Crippen molar-refractivity contribution in [2.75, 3.05) is 0 Å². The molecule has 0 atom stereocenters. The molecule has 0 bridgehead atoms. The lowest BCUT2D eigenvalue weighted by molar-refractivity contribution is 0.104. The number of thiophene rings is 1. The molecule has 0 fully saturated rings. The number of hydrogen-bond donors (Lipinski definition) is 0. The van der Waals surface area contributed by atoms with E-state index in [0.717, 1.165) is 15.2 Å². The Labute approximate surface area is 128 Å². The van der Waals surface area contributed by atoms with E-state index in [9.17, 15) is 4.79 Å². The summed E-state index contributed by atoms with van der Waals surface area (Å²) in [6.07, 6.45) is 0. The van der Waals surface area contributed by atoms with Crippen LogP contribution < -0.4 is 0 Å². The van der Waals surface area contributed by atoms with Crippen molar-refractivity contribution in [1.82, 2.24) is 0 Å². The summed E-state index contributed by atoms with van der Waals surface area (Å²) < 4.78 is 0.835. The molecule has 2 aromatic carbocycles. The zero-order valence-electron chi connectivity index (χ0n) is 9.69. The molecule has 0 saturated heterocycles. The van der Waals surface area contributed by atoms with E-state index >= 15 is 0 Å². The van der Waals surface area contributed by atoms with Gasteiger partial charge in [-0.25, -0.2) is 0 Å². The van der Waals surface area contributed by atoms with Crippen molar-refractivity contribution in [2.45, 2.75) is 0 Å². The van der Waals surface area contributed by atoms with Crippen LogP contribution in [0.3, 0.4) is 0 Å². The average molecular weight is 352 g/mol. The zero-order chi connectivity index (χ0) is 13.4. The Morgan fingerprint density at radius 2 is 1.79 bits per heavy atom. The predicted molar refractivity (Wildman–Crippen MR) is 84.4 cm³/mol. The second-order valence-corrected chi connectivity index (χ2v) is 6.24. The molecular weight excluding hydrogens is 344 g/mol. The minimum atomic E-state index is 0.0229. The van der Waals surface area contributed by atoms with Gasteiger partial charge < -0.3 is 0 Å². The molecule has 3 rings (SSSR count). The van der Waals surface area contributed by atoms with Crippen LogP contribution >= 0.6 is 38.9 Å². The molecule has 0 spiro atoms. The van der Waals surface area contributed by atoms with Crippen molar-refractivity contribution in [1.29, 1.82) is 0 Å². The van der Waals surface area contributed by atoms with E-state index in [2.05, 4.69) is 15.9 Å². The molecule has 1 heterocycles. The van der Waals surface area contributed by atoms with Crippen LogP contribution in [0.4, 0.5) is 0 Å². The maximum atomic E-state index is 12.6. The van der Waals surface area contributed by atoms with Gasteiger partial charge in [-0.2, -0.15) is 0 Å². The van der Waals surface area contributed by atoms with Gasteiger partial charge in [-0.05, 0) is 44.9 Å². The van der Waals surface area contributed by atoms with E-state index in [4.69, 9.17) is 11.6 Å². The van der Waals surface area contributed by atoms with E-state index in [1.165, 1.54) is 11.3 Å². The number of ketones is 1. The lowest BCUT2D eigenvalue weighted by Gasteiger charge is -2.06. The SMILES string of the molecule is O=C(c1sccc1Br)c1ccc(Cl)c2ccccc12. The fourth-order valence-corrected chi connectivity index (χ4v) is 3.77. The summed E-state index contributed by atoms with van der Waals surface area (Å²) >= 11 is 11.0. The van der Waals surface area contributed by atoms with Gasteiger partial charge in [0, 0.05) is 20.4 Å². The Kier molecular flexibility index (Phi) is 3.44. The molecule has 4 heteroatoms. The van der Waals surface area contributed by atoms with Gasteiger partial charge in [0.25, 0.3) is 0 Å². The van der Waals surface area contributed by atoms with Gasteiger partial charge in [0.15, 0.2) is 0 Å². The summed E-state index contributed by atoms with van der Waals surface area (Å²) in [5.41, 5.74) is 0.683. The standard InChI is InChI=1S/C15H8BrClOS/c16-12-7-8-19-15(12)14(18)11-5-6-13(17)10-4-2-1-3-9(10)11/h1-8H. The molecule has 19 heavy (non-hydrogen) atoms. The van der Waals surface area contributed by atoms with Gasteiger partial charge in [-0.1, -0.05) is 35.9 Å². The first kappa shape index (κ1) is 12.9. The van der Waals surface area contributed by atoms with Crippen LogP contribution in [-0.2, 0) is 0 Å². The third-order valence-electron chi connectivity index (χ3n) is 2.94. The highest BCUT2D eigenvalue weighted by atomic mass is 79.9. The normalized spacial score (nSPS) is 10.8. The van der Waals surface area contributed by atoms with Crippen LogP contribution in [0.5, 0.6) is 0 Å². The second-order valence-electron chi connectivity index (χ2n) is 4.07. The highest BCUT2D eigenvalue weighted by molar-refractivity contribution is 9.10. The van der Waals surface area contributed by atoms with Crippen LogP contribution in [0.15, 0.2) is 52.3 Å². The van der Waals surface area contributed by atoms with Crippen LogP contribution in [0, 0.1) is 0 Å². The zero-order valence-corrected chi connectivity index (χ0v) is 12.8. The molecule has 0 aliphatic rings. The highest BCUT2D eigenvalue weighted by Crippen LogP contribution is 2.31. The van der Waals surface area contributed by atoms with Crippen molar-refractivity contribution >= 4 is 55.4 Å². The summed E-state index contributed by atoms with van der Waals surface area (Å²) in [6, 6.07) is 13.1. The third kappa shape index (κ3) is 2.22. The van der Waals surface area contributed by atoms with Crippen molar-refractivity contribution < 1.29 is 4.79 Å². The molecule has 1 nitrogen and oxygen atoms in total. The van der Waals surface area contributed by atoms with Crippen LogP contribution in [0.2, 0.25) is 5.02 Å². The van der Waals surface area contributed by atoms with Gasteiger partial charge in [-0.15, -0.1) is 11.3 Å². The van der Waals surface area contributed by atoms with Gasteiger partial charge in [-0.3, -0.25) is 4.79 Å². The minimum absolute atomic E-state index is 0.0229. The Bertz CT molecular complexity index is 779. The lowest BCUT2D eigenvalue weighted by atomic mass is 10.0. The summed E-state index contributed by atoms with van der Waals surface area (Å²) in [7, 11) is 0. The van der Waals surface area contributed by atoms with Crippen molar-refractivity contribution in [3.8, 4) is 0 Å². The molecule has 3 aromatic rings. The van der Waals surface area contributed by atoms with E-state index in [-0.39, 0.29) is 5.78 Å². The third-order valence-corrected chi connectivity index (χ3v) is 5.10. The van der Waals surface area contributed by atoms with E-state index in [1.807, 2.05) is 35.7 Å². The smallest absolute Gasteiger partial charge is 0.204 e. The van der Waals surface area contributed by atoms with Crippen LogP contribution in [0.25, 0.3) is 10.8 Å². The van der Waals surface area contributed by atoms with Gasteiger partial charge >= 0.3 is 0 Å². The molecule has 0 N–H and O–H groups in total. The van der Waals surface area contributed by atoms with Crippen molar-refractivity contribution in [3.63, 3.8) is 0 Å². The molecule has 0 saturated carbocycles. The number of hydrogen-bond acceptors (Lipinski definition) is 2. The Morgan fingerprint density at radius 1 is 1.05 bits per heavy atom. The van der Waals surface area contributed by atoms with E-state index in [0.29, 0.717) is 15.5 Å². The molecule has 0 amide bonds. The predicted octanol–water partition coefficient (Wildman–Crippen LogP) is 5.55. The summed E-state index contributed by atoms with van der Waals surface area (Å²) in [5.74, 6) is 0.0229. The van der Waals surface area contributed by atoms with Gasteiger partial charge in [0.1, 0.15) is 0 Å². The first-order valence-electron chi connectivity index (χ1n) is 5.63. The maximum absolute atomic E-state index is 12.6. The van der Waals surface area contributed by atoms with E-state index < -0.39 is 0 Å². The molecule has 0 radical (unpaired) electrons. The van der Waals surface area contributed by atoms with Crippen molar-refractivity contribution in [3.05, 3.63) is 67.8 Å². The Balaban J connectivity index is 2.24. The maximum Gasteiger partial charge on any atom is 0.204 e. The summed E-state index contributed by atoms with van der Waals surface area (Å²) in [4.78, 5) is 13.3. The van der Waals surface area contributed by atoms with Gasteiger partial charge in [0.05, 0.1) is 4.88 Å². The molecule has 0 unspecified atom stereocenters.